The SMILES string of the molecule is COC(=O)C1=C(C)OC(N)=C(C#N)[C@@H]1c1cc(COc2ccccc2Cl)c(C)cc1C. The topological polar surface area (TPSA) is 94.6 Å². The van der Waals surface area contributed by atoms with Crippen molar-refractivity contribution in [2.45, 2.75) is 33.3 Å². The number of ether oxygens (including phenoxy) is 3. The van der Waals surface area contributed by atoms with Crippen LogP contribution >= 0.6 is 11.6 Å². The van der Waals surface area contributed by atoms with Gasteiger partial charge in [-0.25, -0.2) is 4.79 Å². The van der Waals surface area contributed by atoms with E-state index in [0.29, 0.717) is 16.5 Å². The lowest BCUT2D eigenvalue weighted by Gasteiger charge is -2.28. The first-order valence-electron chi connectivity index (χ1n) is 9.62. The Balaban J connectivity index is 2.08. The van der Waals surface area contributed by atoms with E-state index in [1.54, 1.807) is 19.1 Å². The minimum absolute atomic E-state index is 0.0218. The van der Waals surface area contributed by atoms with Crippen LogP contribution in [0.15, 0.2) is 59.2 Å². The van der Waals surface area contributed by atoms with Crippen LogP contribution in [0.5, 0.6) is 5.75 Å². The number of nitrogens with two attached hydrogens (primary N) is 1. The number of para-hydroxylation sites is 1. The molecule has 0 radical (unpaired) electrons. The molecule has 0 aromatic heterocycles. The maximum atomic E-state index is 12.6. The summed E-state index contributed by atoms with van der Waals surface area (Å²) in [5, 5.41) is 10.3. The zero-order chi connectivity index (χ0) is 22.7. The molecule has 3 rings (SSSR count). The van der Waals surface area contributed by atoms with Crippen LogP contribution < -0.4 is 10.5 Å². The predicted molar refractivity (Wildman–Crippen MR) is 117 cm³/mol. The lowest BCUT2D eigenvalue weighted by atomic mass is 9.80. The molecule has 31 heavy (non-hydrogen) atoms. The number of halogens is 1. The van der Waals surface area contributed by atoms with Crippen molar-refractivity contribution in [2.75, 3.05) is 7.11 Å². The van der Waals surface area contributed by atoms with Gasteiger partial charge < -0.3 is 19.9 Å². The van der Waals surface area contributed by atoms with Crippen molar-refractivity contribution in [3.05, 3.63) is 86.5 Å². The first-order valence-corrected chi connectivity index (χ1v) is 10.00. The molecule has 1 aliphatic heterocycles. The Morgan fingerprint density at radius 2 is 1.94 bits per heavy atom. The second-order valence-electron chi connectivity index (χ2n) is 7.24. The Kier molecular flexibility index (Phi) is 6.57. The molecule has 0 fully saturated rings. The van der Waals surface area contributed by atoms with Crippen LogP contribution in [0.2, 0.25) is 5.02 Å². The van der Waals surface area contributed by atoms with Crippen molar-refractivity contribution < 1.29 is 19.0 Å². The molecule has 6 nitrogen and oxygen atoms in total. The summed E-state index contributed by atoms with van der Waals surface area (Å²) >= 11 is 6.20. The van der Waals surface area contributed by atoms with Gasteiger partial charge >= 0.3 is 5.97 Å². The van der Waals surface area contributed by atoms with E-state index < -0.39 is 11.9 Å². The molecule has 0 saturated carbocycles. The summed E-state index contributed by atoms with van der Waals surface area (Å²) in [6, 6.07) is 13.3. The number of hydrogen-bond acceptors (Lipinski definition) is 6. The van der Waals surface area contributed by atoms with Gasteiger partial charge in [-0.2, -0.15) is 5.26 Å². The molecular formula is C24H23ClN2O4. The molecule has 0 saturated heterocycles. The van der Waals surface area contributed by atoms with Crippen molar-refractivity contribution in [3.8, 4) is 11.8 Å². The number of rotatable bonds is 5. The van der Waals surface area contributed by atoms with E-state index in [9.17, 15) is 10.1 Å². The normalized spacial score (nSPS) is 15.9. The number of carbonyl (C=O) groups excluding carboxylic acids is 1. The highest BCUT2D eigenvalue weighted by molar-refractivity contribution is 6.32. The Morgan fingerprint density at radius 3 is 2.58 bits per heavy atom. The minimum atomic E-state index is -0.703. The van der Waals surface area contributed by atoms with E-state index in [-0.39, 0.29) is 23.6 Å². The summed E-state index contributed by atoms with van der Waals surface area (Å²) in [5.74, 6) is -0.416. The van der Waals surface area contributed by atoms with E-state index in [0.717, 1.165) is 22.3 Å². The molecule has 0 spiro atoms. The van der Waals surface area contributed by atoms with Crippen LogP contribution in [0.4, 0.5) is 0 Å². The zero-order valence-corrected chi connectivity index (χ0v) is 18.5. The van der Waals surface area contributed by atoms with E-state index in [1.807, 2.05) is 38.1 Å². The quantitative estimate of drug-likeness (QED) is 0.674. The van der Waals surface area contributed by atoms with Gasteiger partial charge in [0, 0.05) is 0 Å². The van der Waals surface area contributed by atoms with Crippen LogP contribution in [0.25, 0.3) is 0 Å². The highest BCUT2D eigenvalue weighted by Gasteiger charge is 2.37. The van der Waals surface area contributed by atoms with Gasteiger partial charge in [0.2, 0.25) is 5.88 Å². The Labute approximate surface area is 186 Å². The zero-order valence-electron chi connectivity index (χ0n) is 17.8. The highest BCUT2D eigenvalue weighted by Crippen LogP contribution is 2.41. The van der Waals surface area contributed by atoms with E-state index >= 15 is 0 Å². The van der Waals surface area contributed by atoms with Gasteiger partial charge in [0.25, 0.3) is 0 Å². The largest absolute Gasteiger partial charge is 0.487 e. The number of esters is 1. The van der Waals surface area contributed by atoms with Crippen LogP contribution in [-0.2, 0) is 20.9 Å². The van der Waals surface area contributed by atoms with Gasteiger partial charge in [0.15, 0.2) is 0 Å². The van der Waals surface area contributed by atoms with Gasteiger partial charge in [-0.15, -0.1) is 0 Å². The number of nitrogens with zero attached hydrogens (tertiary/aromatic N) is 1. The monoisotopic (exact) mass is 438 g/mol. The van der Waals surface area contributed by atoms with Gasteiger partial charge in [0.1, 0.15) is 29.8 Å². The number of carbonyl (C=O) groups is 1. The van der Waals surface area contributed by atoms with Crippen molar-refractivity contribution >= 4 is 17.6 Å². The molecule has 160 valence electrons. The number of benzene rings is 2. The van der Waals surface area contributed by atoms with Crippen molar-refractivity contribution in [1.29, 1.82) is 5.26 Å². The average Bonchev–Trinajstić information content (AvgIpc) is 2.73. The fourth-order valence-corrected chi connectivity index (χ4v) is 3.86. The van der Waals surface area contributed by atoms with Crippen LogP contribution in [0, 0.1) is 25.2 Å². The van der Waals surface area contributed by atoms with Crippen LogP contribution in [0.1, 0.15) is 35.1 Å². The summed E-state index contributed by atoms with van der Waals surface area (Å²) in [4.78, 5) is 12.6. The molecular weight excluding hydrogens is 416 g/mol. The Bertz CT molecular complexity index is 1140. The predicted octanol–water partition coefficient (Wildman–Crippen LogP) is 4.79. The second kappa shape index (κ2) is 9.15. The third-order valence-corrected chi connectivity index (χ3v) is 5.58. The summed E-state index contributed by atoms with van der Waals surface area (Å²) in [6.07, 6.45) is 0. The molecule has 1 heterocycles. The maximum absolute atomic E-state index is 12.6. The maximum Gasteiger partial charge on any atom is 0.338 e. The third kappa shape index (κ3) is 4.37. The Hall–Kier alpha value is -3.43. The summed E-state index contributed by atoms with van der Waals surface area (Å²) in [6.45, 7) is 5.80. The van der Waals surface area contributed by atoms with Gasteiger partial charge in [-0.05, 0) is 55.2 Å². The summed E-state index contributed by atoms with van der Waals surface area (Å²) in [5.41, 5.74) is 9.96. The standard InChI is InChI=1S/C24H23ClN2O4/c1-13-9-14(2)17(10-16(13)12-30-20-8-6-5-7-19(20)25)22-18(11-26)23(27)31-15(3)21(22)24(28)29-4/h5-10,22H,12,27H2,1-4H3/t22-/m0/s1. The molecule has 0 aliphatic carbocycles. The van der Waals surface area contributed by atoms with E-state index in [4.69, 9.17) is 31.5 Å². The minimum Gasteiger partial charge on any atom is -0.487 e. The molecule has 1 aliphatic rings. The fourth-order valence-electron chi connectivity index (χ4n) is 3.67. The molecule has 7 heteroatoms. The second-order valence-corrected chi connectivity index (χ2v) is 7.65. The molecule has 2 N–H and O–H groups in total. The summed E-state index contributed by atoms with van der Waals surface area (Å²) < 4.78 is 16.3. The molecule has 1 atom stereocenters. The lowest BCUT2D eigenvalue weighted by Crippen LogP contribution is -2.25. The smallest absolute Gasteiger partial charge is 0.338 e. The van der Waals surface area contributed by atoms with Crippen molar-refractivity contribution in [3.63, 3.8) is 0 Å². The number of aryl methyl sites for hydroxylation is 2. The Morgan fingerprint density at radius 1 is 1.23 bits per heavy atom. The number of nitriles is 1. The molecule has 2 aromatic rings. The van der Waals surface area contributed by atoms with Gasteiger partial charge in [0.05, 0.1) is 23.6 Å². The highest BCUT2D eigenvalue weighted by atomic mass is 35.5. The fraction of sp³-hybridized carbons (Fsp3) is 0.250. The average molecular weight is 439 g/mol. The molecule has 0 bridgehead atoms. The van der Waals surface area contributed by atoms with Crippen molar-refractivity contribution in [1.82, 2.24) is 0 Å². The number of hydrogen-bond donors (Lipinski definition) is 1. The van der Waals surface area contributed by atoms with Crippen LogP contribution in [0.3, 0.4) is 0 Å². The molecule has 0 amide bonds. The first-order chi connectivity index (χ1) is 14.8. The molecule has 0 unspecified atom stereocenters. The molecule has 2 aromatic carbocycles. The number of allylic oxidation sites excluding steroid dienone is 2. The third-order valence-electron chi connectivity index (χ3n) is 5.27. The number of methoxy groups -OCH3 is 1. The van der Waals surface area contributed by atoms with Crippen molar-refractivity contribution in [2.24, 2.45) is 5.73 Å². The van der Waals surface area contributed by atoms with Gasteiger partial charge in [-0.1, -0.05) is 35.9 Å². The van der Waals surface area contributed by atoms with Gasteiger partial charge in [-0.3, -0.25) is 0 Å². The van der Waals surface area contributed by atoms with E-state index in [1.165, 1.54) is 7.11 Å². The van der Waals surface area contributed by atoms with E-state index in [2.05, 4.69) is 6.07 Å². The summed E-state index contributed by atoms with van der Waals surface area (Å²) in [7, 11) is 1.29. The first kappa shape index (κ1) is 22.3. The van der Waals surface area contributed by atoms with Crippen LogP contribution in [-0.4, -0.2) is 13.1 Å². The lowest BCUT2D eigenvalue weighted by molar-refractivity contribution is -0.136.